The highest BCUT2D eigenvalue weighted by Crippen LogP contribution is 2.51. The molecule has 2 aliphatic rings. The average Bonchev–Trinajstić information content (AvgIpc) is 3.39. The number of hydrogen-bond donors (Lipinski definition) is 1. The number of nitrogens with zero attached hydrogens (tertiary/aromatic N) is 1. The molecular weight excluding hydrogens is 502 g/mol. The molecule has 3 nitrogen and oxygen atoms in total. The Balaban J connectivity index is 1.46. The number of ether oxygens (including phenoxy) is 1. The number of benzene rings is 2. The molecule has 1 aromatic heterocycles. The lowest BCUT2D eigenvalue weighted by atomic mass is 9.80. The minimum Gasteiger partial charge on any atom is -0.371 e. The van der Waals surface area contributed by atoms with Gasteiger partial charge in [0.2, 0.25) is 0 Å². The Morgan fingerprint density at radius 1 is 1.00 bits per heavy atom. The predicted octanol–water partition coefficient (Wildman–Crippen LogP) is 7.21. The molecule has 36 heavy (non-hydrogen) atoms. The Hall–Kier alpha value is -2.43. The zero-order valence-electron chi connectivity index (χ0n) is 19.3. The third-order valence-corrected chi connectivity index (χ3v) is 8.20. The fourth-order valence-corrected chi connectivity index (χ4v) is 6.47. The highest BCUT2D eigenvalue weighted by molar-refractivity contribution is 7.09. The van der Waals surface area contributed by atoms with E-state index in [2.05, 4.69) is 10.3 Å². The zero-order valence-corrected chi connectivity index (χ0v) is 20.1. The summed E-state index contributed by atoms with van der Waals surface area (Å²) in [6, 6.07) is 11.4. The Kier molecular flexibility index (Phi) is 6.41. The van der Waals surface area contributed by atoms with Crippen molar-refractivity contribution in [1.29, 1.82) is 0 Å². The zero-order chi connectivity index (χ0) is 25.7. The molecular formula is C26H24F6N2OS. The fourth-order valence-electron chi connectivity index (χ4n) is 5.50. The van der Waals surface area contributed by atoms with Gasteiger partial charge in [-0.2, -0.15) is 26.3 Å². The van der Waals surface area contributed by atoms with Crippen molar-refractivity contribution in [2.24, 2.45) is 0 Å². The van der Waals surface area contributed by atoms with E-state index in [1.807, 2.05) is 42.6 Å². The Morgan fingerprint density at radius 2 is 1.67 bits per heavy atom. The van der Waals surface area contributed by atoms with E-state index in [1.54, 1.807) is 11.3 Å². The fraction of sp³-hybridized carbons (Fsp3) is 0.423. The van der Waals surface area contributed by atoms with Gasteiger partial charge in [-0.15, -0.1) is 11.3 Å². The van der Waals surface area contributed by atoms with Gasteiger partial charge >= 0.3 is 12.4 Å². The monoisotopic (exact) mass is 526 g/mol. The molecule has 2 bridgehead atoms. The normalized spacial score (nSPS) is 26.4. The van der Waals surface area contributed by atoms with Crippen molar-refractivity contribution in [3.8, 4) is 0 Å². The smallest absolute Gasteiger partial charge is 0.371 e. The predicted molar refractivity (Wildman–Crippen MR) is 124 cm³/mol. The number of piperidine rings is 1. The lowest BCUT2D eigenvalue weighted by molar-refractivity contribution is -0.143. The van der Waals surface area contributed by atoms with E-state index in [1.165, 1.54) is 0 Å². The van der Waals surface area contributed by atoms with Crippen molar-refractivity contribution < 1.29 is 31.1 Å². The van der Waals surface area contributed by atoms with Gasteiger partial charge in [0.1, 0.15) is 0 Å². The van der Waals surface area contributed by atoms with Gasteiger partial charge in [-0.3, -0.25) is 0 Å². The number of aromatic nitrogens is 1. The first-order chi connectivity index (χ1) is 17.0. The van der Waals surface area contributed by atoms with Crippen LogP contribution in [0.15, 0.2) is 53.9 Å². The van der Waals surface area contributed by atoms with E-state index < -0.39 is 35.1 Å². The summed E-state index contributed by atoms with van der Waals surface area (Å²) in [6.45, 7) is 1.58. The summed E-state index contributed by atoms with van der Waals surface area (Å²) >= 11 is 1.60. The largest absolute Gasteiger partial charge is 0.416 e. The van der Waals surface area contributed by atoms with Gasteiger partial charge in [0.25, 0.3) is 0 Å². The first-order valence-electron chi connectivity index (χ1n) is 11.6. The van der Waals surface area contributed by atoms with E-state index in [4.69, 9.17) is 4.74 Å². The molecule has 2 saturated heterocycles. The van der Waals surface area contributed by atoms with E-state index in [-0.39, 0.29) is 30.2 Å². The first kappa shape index (κ1) is 25.2. The van der Waals surface area contributed by atoms with Crippen LogP contribution in [0.4, 0.5) is 26.3 Å². The minimum atomic E-state index is -4.90. The number of alkyl halides is 6. The van der Waals surface area contributed by atoms with Crippen LogP contribution in [0.1, 0.15) is 58.1 Å². The molecule has 192 valence electrons. The van der Waals surface area contributed by atoms with Crippen LogP contribution >= 0.6 is 11.3 Å². The summed E-state index contributed by atoms with van der Waals surface area (Å²) in [7, 11) is 0. The standard InChI is InChI=1S/C26H24F6N2OS/c1-15-14-36-23(33-15)20-12-24(17-5-3-2-4-6-17)22(8-7-21(20)34-24)35-13-16-9-18(25(27,28)29)11-19(10-16)26(30,31)32/h2-6,9-11,14,20-22,34H,7-8,12-13H2,1H3. The van der Waals surface area contributed by atoms with Crippen molar-refractivity contribution in [2.45, 2.75) is 68.7 Å². The summed E-state index contributed by atoms with van der Waals surface area (Å²) in [4.78, 5) is 4.69. The van der Waals surface area contributed by atoms with Gasteiger partial charge in [0.15, 0.2) is 0 Å². The van der Waals surface area contributed by atoms with E-state index in [0.717, 1.165) is 34.8 Å². The number of nitrogens with one attached hydrogen (secondary N) is 1. The van der Waals surface area contributed by atoms with E-state index in [9.17, 15) is 26.3 Å². The molecule has 3 heterocycles. The van der Waals surface area contributed by atoms with Crippen molar-refractivity contribution in [3.63, 3.8) is 0 Å². The van der Waals surface area contributed by atoms with Crippen molar-refractivity contribution in [3.05, 3.63) is 86.9 Å². The van der Waals surface area contributed by atoms with E-state index in [0.29, 0.717) is 12.8 Å². The molecule has 10 heteroatoms. The van der Waals surface area contributed by atoms with Gasteiger partial charge in [-0.1, -0.05) is 30.3 Å². The van der Waals surface area contributed by atoms with Crippen LogP contribution in [0, 0.1) is 6.92 Å². The number of rotatable bonds is 5. The summed E-state index contributed by atoms with van der Waals surface area (Å²) in [5.74, 6) is 0.142. The van der Waals surface area contributed by atoms with Gasteiger partial charge in [0, 0.05) is 23.0 Å². The molecule has 0 radical (unpaired) electrons. The third kappa shape index (κ3) is 4.78. The lowest BCUT2D eigenvalue weighted by Gasteiger charge is -2.42. The molecule has 3 aromatic rings. The summed E-state index contributed by atoms with van der Waals surface area (Å²) in [6.07, 6.45) is -8.17. The van der Waals surface area contributed by atoms with Crippen LogP contribution in [0.25, 0.3) is 0 Å². The molecule has 0 saturated carbocycles. The molecule has 2 aliphatic heterocycles. The second-order valence-corrected chi connectivity index (χ2v) is 10.4. The summed E-state index contributed by atoms with van der Waals surface area (Å²) in [5, 5.41) is 6.75. The SMILES string of the molecule is Cc1csc(C2CC3(c4ccccc4)NC2CCC3OCc2cc(C(F)(F)F)cc(C(F)(F)F)c2)n1. The highest BCUT2D eigenvalue weighted by atomic mass is 32.1. The quantitative estimate of drug-likeness (QED) is 0.357. The Labute approximate surface area is 208 Å². The molecule has 5 rings (SSSR count). The van der Waals surface area contributed by atoms with Crippen molar-refractivity contribution >= 4 is 11.3 Å². The molecule has 2 aromatic carbocycles. The maximum absolute atomic E-state index is 13.3. The number of halogens is 6. The first-order valence-corrected chi connectivity index (χ1v) is 12.5. The second kappa shape index (κ2) is 9.15. The van der Waals surface area contributed by atoms with Gasteiger partial charge in [-0.05, 0) is 55.5 Å². The maximum atomic E-state index is 13.3. The van der Waals surface area contributed by atoms with E-state index >= 15 is 0 Å². The molecule has 4 unspecified atom stereocenters. The van der Waals surface area contributed by atoms with Gasteiger partial charge < -0.3 is 10.1 Å². The lowest BCUT2D eigenvalue weighted by Crippen LogP contribution is -2.54. The molecule has 0 spiro atoms. The number of thiazole rings is 1. The van der Waals surface area contributed by atoms with Crippen LogP contribution < -0.4 is 5.32 Å². The minimum absolute atomic E-state index is 0.138. The highest BCUT2D eigenvalue weighted by Gasteiger charge is 2.55. The van der Waals surface area contributed by atoms with Gasteiger partial charge in [0.05, 0.1) is 34.4 Å². The maximum Gasteiger partial charge on any atom is 0.416 e. The number of aryl methyl sites for hydroxylation is 1. The molecule has 1 N–H and O–H groups in total. The third-order valence-electron chi connectivity index (χ3n) is 7.10. The molecule has 4 atom stereocenters. The van der Waals surface area contributed by atoms with Crippen LogP contribution in [-0.4, -0.2) is 17.1 Å². The summed E-state index contributed by atoms with van der Waals surface area (Å²) < 4.78 is 86.1. The molecule has 0 amide bonds. The van der Waals surface area contributed by atoms with Crippen LogP contribution in [0.3, 0.4) is 0 Å². The molecule has 0 aliphatic carbocycles. The Morgan fingerprint density at radius 3 is 2.25 bits per heavy atom. The van der Waals surface area contributed by atoms with Crippen molar-refractivity contribution in [2.75, 3.05) is 0 Å². The Bertz CT molecular complexity index is 1190. The topological polar surface area (TPSA) is 34.1 Å². The van der Waals surface area contributed by atoms with Crippen LogP contribution in [-0.2, 0) is 29.2 Å². The van der Waals surface area contributed by atoms with Crippen LogP contribution in [0.2, 0.25) is 0 Å². The number of fused-ring (bicyclic) bond motifs is 2. The molecule has 2 fully saturated rings. The van der Waals surface area contributed by atoms with Crippen molar-refractivity contribution in [1.82, 2.24) is 10.3 Å². The average molecular weight is 527 g/mol. The van der Waals surface area contributed by atoms with Gasteiger partial charge in [-0.25, -0.2) is 4.98 Å². The number of hydrogen-bond acceptors (Lipinski definition) is 4. The second-order valence-electron chi connectivity index (χ2n) is 9.52. The summed E-state index contributed by atoms with van der Waals surface area (Å²) in [5.41, 5.74) is -1.53. The van der Waals surface area contributed by atoms with Crippen LogP contribution in [0.5, 0.6) is 0 Å².